The molecule has 0 spiro atoms. The van der Waals surface area contributed by atoms with E-state index >= 15 is 0 Å². The molecule has 1 aromatic carbocycles. The van der Waals surface area contributed by atoms with Crippen molar-refractivity contribution in [3.05, 3.63) is 59.2 Å². The molecular weight excluding hydrogens is 370 g/mol. The highest BCUT2D eigenvalue weighted by Crippen LogP contribution is 2.48. The Balaban J connectivity index is 1.43. The first kappa shape index (κ1) is 23.2. The minimum atomic E-state index is -0.442. The largest absolute Gasteiger partial charge is 0.392 e. The van der Waals surface area contributed by atoms with E-state index in [1.165, 1.54) is 43.4 Å². The first-order valence-corrected chi connectivity index (χ1v) is 11.9. The minimum absolute atomic E-state index is 0.186. The third-order valence-corrected chi connectivity index (χ3v) is 6.92. The van der Waals surface area contributed by atoms with Gasteiger partial charge in [-0.3, -0.25) is 0 Å². The maximum absolute atomic E-state index is 10.6. The molecule has 2 aliphatic carbocycles. The Hall–Kier alpha value is -1.42. The molecule has 166 valence electrons. The summed E-state index contributed by atoms with van der Waals surface area (Å²) in [4.78, 5) is 2.26. The zero-order chi connectivity index (χ0) is 21.5. The van der Waals surface area contributed by atoms with E-state index in [-0.39, 0.29) is 12.0 Å². The number of fused-ring (bicyclic) bond motifs is 1. The zero-order valence-corrected chi connectivity index (χ0v) is 19.1. The van der Waals surface area contributed by atoms with Crippen molar-refractivity contribution >= 4 is 0 Å². The van der Waals surface area contributed by atoms with Crippen molar-refractivity contribution in [1.82, 2.24) is 4.90 Å². The molecule has 0 heterocycles. The first-order chi connectivity index (χ1) is 14.4. The third-order valence-electron chi connectivity index (χ3n) is 6.92. The van der Waals surface area contributed by atoms with Crippen LogP contribution in [-0.4, -0.2) is 48.0 Å². The van der Waals surface area contributed by atoms with Crippen molar-refractivity contribution in [2.24, 2.45) is 17.8 Å². The summed E-state index contributed by atoms with van der Waals surface area (Å²) >= 11 is 0. The van der Waals surface area contributed by atoms with Crippen LogP contribution in [0.5, 0.6) is 0 Å². The van der Waals surface area contributed by atoms with E-state index < -0.39 is 6.10 Å². The molecular formula is C27H41NO2. The second-order valence-electron chi connectivity index (χ2n) is 9.83. The lowest BCUT2D eigenvalue weighted by Crippen LogP contribution is -2.18. The summed E-state index contributed by atoms with van der Waals surface area (Å²) in [6.45, 7) is 3.28. The summed E-state index contributed by atoms with van der Waals surface area (Å²) in [5.74, 6) is 1.24. The smallest absolute Gasteiger partial charge is 0.0724 e. The Morgan fingerprint density at radius 1 is 1.17 bits per heavy atom. The van der Waals surface area contributed by atoms with Crippen LogP contribution < -0.4 is 0 Å². The number of nitrogens with zero attached hydrogens (tertiary/aromatic N) is 1. The number of aliphatic hydroxyl groups excluding tert-OH is 2. The van der Waals surface area contributed by atoms with Gasteiger partial charge in [-0.2, -0.15) is 0 Å². The number of unbranched alkanes of at least 4 members (excludes halogenated alkanes) is 2. The molecule has 3 rings (SSSR count). The molecule has 2 aliphatic rings. The van der Waals surface area contributed by atoms with E-state index in [1.807, 2.05) is 6.08 Å². The topological polar surface area (TPSA) is 43.7 Å². The van der Waals surface area contributed by atoms with Crippen LogP contribution in [0.1, 0.15) is 56.1 Å². The molecule has 5 atom stereocenters. The van der Waals surface area contributed by atoms with Gasteiger partial charge in [-0.25, -0.2) is 0 Å². The summed E-state index contributed by atoms with van der Waals surface area (Å²) in [5.41, 5.74) is 4.14. The van der Waals surface area contributed by atoms with Crippen LogP contribution in [0, 0.1) is 24.7 Å². The van der Waals surface area contributed by atoms with E-state index in [9.17, 15) is 10.2 Å². The molecule has 0 saturated heterocycles. The normalized spacial score (nSPS) is 27.1. The Morgan fingerprint density at radius 3 is 2.77 bits per heavy atom. The highest BCUT2D eigenvalue weighted by atomic mass is 16.3. The van der Waals surface area contributed by atoms with Gasteiger partial charge >= 0.3 is 0 Å². The standard InChI is InChI=1S/C27H41NO2/c1-20-8-7-10-21(16-20)11-12-24(29)13-14-25-26-18-22(17-23(26)19-27(25)30)9-5-4-6-15-28(2)3/h7-8,10,13-14,16-17,23-27,29-30H,4-6,9,11-12,15,18-19H2,1-3H3/t23-,24+,25+,26-,27+/m0/s1. The first-order valence-electron chi connectivity index (χ1n) is 11.9. The molecule has 0 aromatic heterocycles. The van der Waals surface area contributed by atoms with E-state index in [1.54, 1.807) is 5.57 Å². The van der Waals surface area contributed by atoms with E-state index in [2.05, 4.69) is 62.3 Å². The number of aliphatic hydroxyl groups is 2. The van der Waals surface area contributed by atoms with Gasteiger partial charge in [0.25, 0.3) is 0 Å². The van der Waals surface area contributed by atoms with Crippen LogP contribution in [0.3, 0.4) is 0 Å². The molecule has 0 amide bonds. The molecule has 0 bridgehead atoms. The minimum Gasteiger partial charge on any atom is -0.392 e. The Morgan fingerprint density at radius 2 is 2.00 bits per heavy atom. The SMILES string of the molecule is Cc1cccc(CC[C@@H](O)C=C[C@@H]2[C@H]3CC(CCCCCN(C)C)=C[C@H]3C[C@H]2O)c1. The molecule has 1 fully saturated rings. The fraction of sp³-hybridized carbons (Fsp3) is 0.630. The van der Waals surface area contributed by atoms with Gasteiger partial charge in [-0.05, 0) is 89.9 Å². The van der Waals surface area contributed by atoms with Crippen LogP contribution in [-0.2, 0) is 6.42 Å². The second-order valence-corrected chi connectivity index (χ2v) is 9.83. The average molecular weight is 412 g/mol. The molecule has 1 aromatic rings. The number of rotatable bonds is 11. The summed E-state index contributed by atoms with van der Waals surface area (Å²) < 4.78 is 0. The van der Waals surface area contributed by atoms with Crippen molar-refractivity contribution < 1.29 is 10.2 Å². The predicted molar refractivity (Wildman–Crippen MR) is 125 cm³/mol. The molecule has 0 unspecified atom stereocenters. The summed E-state index contributed by atoms with van der Waals surface area (Å²) in [6, 6.07) is 8.50. The van der Waals surface area contributed by atoms with Crippen LogP contribution in [0.15, 0.2) is 48.1 Å². The number of aryl methyl sites for hydroxylation is 2. The maximum atomic E-state index is 10.6. The van der Waals surface area contributed by atoms with Gasteiger partial charge in [-0.15, -0.1) is 0 Å². The molecule has 3 nitrogen and oxygen atoms in total. The van der Waals surface area contributed by atoms with E-state index in [0.29, 0.717) is 11.8 Å². The van der Waals surface area contributed by atoms with Crippen molar-refractivity contribution in [2.75, 3.05) is 20.6 Å². The summed E-state index contributed by atoms with van der Waals surface area (Å²) in [6.07, 6.45) is 14.5. The number of hydrogen-bond acceptors (Lipinski definition) is 3. The number of benzene rings is 1. The van der Waals surface area contributed by atoms with Crippen molar-refractivity contribution in [3.63, 3.8) is 0 Å². The van der Waals surface area contributed by atoms with E-state index in [4.69, 9.17) is 0 Å². The fourth-order valence-electron chi connectivity index (χ4n) is 5.28. The van der Waals surface area contributed by atoms with Gasteiger partial charge in [-0.1, -0.05) is 60.1 Å². The highest BCUT2D eigenvalue weighted by molar-refractivity contribution is 5.23. The third kappa shape index (κ3) is 6.80. The van der Waals surface area contributed by atoms with Crippen LogP contribution in [0.4, 0.5) is 0 Å². The summed E-state index contributed by atoms with van der Waals surface area (Å²) in [5, 5.41) is 21.0. The van der Waals surface area contributed by atoms with Gasteiger partial charge in [0, 0.05) is 5.92 Å². The number of allylic oxidation sites excluding steroid dienone is 2. The van der Waals surface area contributed by atoms with Crippen LogP contribution in [0.2, 0.25) is 0 Å². The van der Waals surface area contributed by atoms with Gasteiger partial charge < -0.3 is 15.1 Å². The van der Waals surface area contributed by atoms with Gasteiger partial charge in [0.1, 0.15) is 0 Å². The number of hydrogen-bond donors (Lipinski definition) is 2. The maximum Gasteiger partial charge on any atom is 0.0724 e. The molecule has 3 heteroatoms. The zero-order valence-electron chi connectivity index (χ0n) is 19.1. The van der Waals surface area contributed by atoms with Crippen molar-refractivity contribution in [2.45, 2.75) is 70.5 Å². The summed E-state index contributed by atoms with van der Waals surface area (Å²) in [7, 11) is 4.28. The molecule has 0 aliphatic heterocycles. The lowest BCUT2D eigenvalue weighted by molar-refractivity contribution is 0.139. The molecule has 1 saturated carbocycles. The van der Waals surface area contributed by atoms with Gasteiger partial charge in [0.05, 0.1) is 12.2 Å². The quantitative estimate of drug-likeness (QED) is 0.402. The Bertz CT molecular complexity index is 723. The lowest BCUT2D eigenvalue weighted by atomic mass is 9.88. The van der Waals surface area contributed by atoms with Gasteiger partial charge in [0.15, 0.2) is 0 Å². The molecule has 30 heavy (non-hydrogen) atoms. The van der Waals surface area contributed by atoms with Crippen molar-refractivity contribution in [1.29, 1.82) is 0 Å². The average Bonchev–Trinajstić information content (AvgIpc) is 3.20. The fourth-order valence-corrected chi connectivity index (χ4v) is 5.28. The lowest BCUT2D eigenvalue weighted by Gasteiger charge is -2.19. The predicted octanol–water partition coefficient (Wildman–Crippen LogP) is 4.91. The molecule has 0 radical (unpaired) electrons. The Kier molecular flexibility index (Phi) is 8.73. The second kappa shape index (κ2) is 11.3. The molecule has 2 N–H and O–H groups in total. The van der Waals surface area contributed by atoms with Gasteiger partial charge in [0.2, 0.25) is 0 Å². The van der Waals surface area contributed by atoms with Crippen LogP contribution >= 0.6 is 0 Å². The van der Waals surface area contributed by atoms with E-state index in [0.717, 1.165) is 25.7 Å². The monoisotopic (exact) mass is 411 g/mol. The Labute approximate surface area is 183 Å². The van der Waals surface area contributed by atoms with Crippen LogP contribution in [0.25, 0.3) is 0 Å². The van der Waals surface area contributed by atoms with Crippen molar-refractivity contribution in [3.8, 4) is 0 Å². The highest BCUT2D eigenvalue weighted by Gasteiger charge is 2.43.